The van der Waals surface area contributed by atoms with Crippen LogP contribution < -0.4 is 5.32 Å². The molecule has 2 fully saturated rings. The molecule has 0 radical (unpaired) electrons. The van der Waals surface area contributed by atoms with Crippen molar-refractivity contribution in [2.45, 2.75) is 51.8 Å². The lowest BCUT2D eigenvalue weighted by Crippen LogP contribution is -2.45. The van der Waals surface area contributed by atoms with Crippen LogP contribution in [0.5, 0.6) is 0 Å². The predicted octanol–water partition coefficient (Wildman–Crippen LogP) is -0.326. The SMILES string of the molecule is Cc1cc(C)n(CCCC(=O)N2C[C@H](O)[C@@H](N3CCNC(=O)CC3)C2)n1. The summed E-state index contributed by atoms with van der Waals surface area (Å²) in [6.45, 7) is 7.57. The van der Waals surface area contributed by atoms with Crippen molar-refractivity contribution in [3.8, 4) is 0 Å². The number of carbonyl (C=O) groups is 2. The summed E-state index contributed by atoms with van der Waals surface area (Å²) in [4.78, 5) is 27.9. The number of likely N-dealkylation sites (tertiary alicyclic amines) is 1. The molecule has 2 N–H and O–H groups in total. The van der Waals surface area contributed by atoms with Crippen molar-refractivity contribution in [1.29, 1.82) is 0 Å². The third-order valence-corrected chi connectivity index (χ3v) is 5.29. The standard InChI is InChI=1S/C18H29N5O3/c1-13-10-14(2)23(20-13)7-3-4-18(26)22-11-15(16(24)12-22)21-8-5-17(25)19-6-9-21/h10,15-16,24H,3-9,11-12H2,1-2H3,(H,19,25)/t15-,16-/m0/s1. The van der Waals surface area contributed by atoms with E-state index in [9.17, 15) is 14.7 Å². The normalized spacial score (nSPS) is 24.6. The van der Waals surface area contributed by atoms with Crippen LogP contribution in [-0.2, 0) is 16.1 Å². The molecule has 2 aliphatic rings. The second kappa shape index (κ2) is 8.18. The van der Waals surface area contributed by atoms with Gasteiger partial charge in [-0.3, -0.25) is 19.2 Å². The third-order valence-electron chi connectivity index (χ3n) is 5.29. The van der Waals surface area contributed by atoms with Crippen molar-refractivity contribution >= 4 is 11.8 Å². The summed E-state index contributed by atoms with van der Waals surface area (Å²) in [5.74, 6) is 0.133. The Morgan fingerprint density at radius 2 is 2.15 bits per heavy atom. The van der Waals surface area contributed by atoms with Gasteiger partial charge >= 0.3 is 0 Å². The zero-order chi connectivity index (χ0) is 18.7. The fourth-order valence-corrected chi connectivity index (χ4v) is 3.89. The Hall–Kier alpha value is -1.93. The minimum atomic E-state index is -0.553. The summed E-state index contributed by atoms with van der Waals surface area (Å²) in [7, 11) is 0. The van der Waals surface area contributed by atoms with Gasteiger partial charge in [0, 0.05) is 57.8 Å². The second-order valence-corrected chi connectivity index (χ2v) is 7.32. The molecule has 8 nitrogen and oxygen atoms in total. The lowest BCUT2D eigenvalue weighted by Gasteiger charge is -2.28. The number of aliphatic hydroxyl groups excluding tert-OH is 1. The van der Waals surface area contributed by atoms with Gasteiger partial charge < -0.3 is 15.3 Å². The molecule has 0 aromatic carbocycles. The minimum absolute atomic E-state index is 0.0528. The van der Waals surface area contributed by atoms with Crippen LogP contribution in [-0.4, -0.2) is 81.4 Å². The lowest BCUT2D eigenvalue weighted by molar-refractivity contribution is -0.130. The summed E-state index contributed by atoms with van der Waals surface area (Å²) in [6, 6.07) is 1.95. The number of hydrogen-bond acceptors (Lipinski definition) is 5. The van der Waals surface area contributed by atoms with Gasteiger partial charge in [0.05, 0.1) is 17.8 Å². The zero-order valence-corrected chi connectivity index (χ0v) is 15.6. The third kappa shape index (κ3) is 4.42. The molecule has 0 spiro atoms. The van der Waals surface area contributed by atoms with Gasteiger partial charge in [-0.25, -0.2) is 0 Å². The first-order chi connectivity index (χ1) is 12.4. The number of carbonyl (C=O) groups excluding carboxylic acids is 2. The first-order valence-electron chi connectivity index (χ1n) is 9.41. The molecular formula is C18H29N5O3. The molecule has 1 aromatic heterocycles. The van der Waals surface area contributed by atoms with Gasteiger partial charge in [-0.05, 0) is 26.3 Å². The number of amides is 2. The van der Waals surface area contributed by atoms with Gasteiger partial charge in [-0.2, -0.15) is 5.10 Å². The van der Waals surface area contributed by atoms with E-state index in [1.165, 1.54) is 0 Å². The maximum absolute atomic E-state index is 12.5. The van der Waals surface area contributed by atoms with Crippen molar-refractivity contribution in [3.05, 3.63) is 17.5 Å². The summed E-state index contributed by atoms with van der Waals surface area (Å²) in [6.07, 6.45) is 1.08. The van der Waals surface area contributed by atoms with Crippen molar-refractivity contribution in [2.24, 2.45) is 0 Å². The van der Waals surface area contributed by atoms with Crippen LogP contribution in [0, 0.1) is 13.8 Å². The molecule has 3 heterocycles. The molecular weight excluding hydrogens is 334 g/mol. The van der Waals surface area contributed by atoms with E-state index in [1.807, 2.05) is 24.6 Å². The molecule has 0 aliphatic carbocycles. The van der Waals surface area contributed by atoms with Crippen molar-refractivity contribution in [2.75, 3.05) is 32.7 Å². The smallest absolute Gasteiger partial charge is 0.222 e. The second-order valence-electron chi connectivity index (χ2n) is 7.32. The van der Waals surface area contributed by atoms with Crippen molar-refractivity contribution in [3.63, 3.8) is 0 Å². The molecule has 3 rings (SSSR count). The monoisotopic (exact) mass is 363 g/mol. The van der Waals surface area contributed by atoms with Gasteiger partial charge in [0.2, 0.25) is 11.8 Å². The van der Waals surface area contributed by atoms with Gasteiger partial charge in [-0.1, -0.05) is 0 Å². The number of nitrogens with zero attached hydrogens (tertiary/aromatic N) is 4. The average Bonchev–Trinajstić information content (AvgIpc) is 3.04. The fraction of sp³-hybridized carbons (Fsp3) is 0.722. The number of nitrogens with one attached hydrogen (secondary N) is 1. The van der Waals surface area contributed by atoms with Crippen molar-refractivity contribution < 1.29 is 14.7 Å². The molecule has 0 bridgehead atoms. The first kappa shape index (κ1) is 18.8. The zero-order valence-electron chi connectivity index (χ0n) is 15.6. The summed E-state index contributed by atoms with van der Waals surface area (Å²) >= 11 is 0. The van der Waals surface area contributed by atoms with Gasteiger partial charge in [-0.15, -0.1) is 0 Å². The summed E-state index contributed by atoms with van der Waals surface area (Å²) in [5.41, 5.74) is 2.10. The highest BCUT2D eigenvalue weighted by atomic mass is 16.3. The number of rotatable bonds is 5. The van der Waals surface area contributed by atoms with Crippen LogP contribution in [0.2, 0.25) is 0 Å². The van der Waals surface area contributed by atoms with E-state index in [2.05, 4.69) is 15.3 Å². The summed E-state index contributed by atoms with van der Waals surface area (Å²) in [5, 5.41) is 17.7. The highest BCUT2D eigenvalue weighted by Gasteiger charge is 2.37. The number of β-amino-alcohol motifs (C(OH)–C–C–N with tert-alkyl or cyclic N) is 1. The molecule has 26 heavy (non-hydrogen) atoms. The van der Waals surface area contributed by atoms with Gasteiger partial charge in [0.1, 0.15) is 0 Å². The highest BCUT2D eigenvalue weighted by molar-refractivity contribution is 5.77. The Kier molecular flexibility index (Phi) is 5.93. The maximum Gasteiger partial charge on any atom is 0.222 e. The van der Waals surface area contributed by atoms with Gasteiger partial charge in [0.15, 0.2) is 0 Å². The van der Waals surface area contributed by atoms with Crippen LogP contribution in [0.1, 0.15) is 30.7 Å². The Labute approximate surface area is 154 Å². The summed E-state index contributed by atoms with van der Waals surface area (Å²) < 4.78 is 1.94. The number of aromatic nitrogens is 2. The Balaban J connectivity index is 1.48. The van der Waals surface area contributed by atoms with E-state index in [0.29, 0.717) is 45.6 Å². The van der Waals surface area contributed by atoms with E-state index >= 15 is 0 Å². The predicted molar refractivity (Wildman–Crippen MR) is 96.5 cm³/mol. The number of aliphatic hydroxyl groups is 1. The Morgan fingerprint density at radius 1 is 1.35 bits per heavy atom. The minimum Gasteiger partial charge on any atom is -0.390 e. The Bertz CT molecular complexity index is 659. The quantitative estimate of drug-likeness (QED) is 0.748. The van der Waals surface area contributed by atoms with E-state index in [1.54, 1.807) is 4.90 Å². The highest BCUT2D eigenvalue weighted by Crippen LogP contribution is 2.19. The molecule has 2 amide bonds. The first-order valence-corrected chi connectivity index (χ1v) is 9.41. The molecule has 2 atom stereocenters. The van der Waals surface area contributed by atoms with Crippen LogP contribution in [0.15, 0.2) is 6.07 Å². The molecule has 144 valence electrons. The van der Waals surface area contributed by atoms with Crippen LogP contribution in [0.25, 0.3) is 0 Å². The average molecular weight is 363 g/mol. The Morgan fingerprint density at radius 3 is 2.88 bits per heavy atom. The molecule has 8 heteroatoms. The topological polar surface area (TPSA) is 90.7 Å². The van der Waals surface area contributed by atoms with Crippen LogP contribution >= 0.6 is 0 Å². The molecule has 0 unspecified atom stereocenters. The molecule has 0 saturated carbocycles. The van der Waals surface area contributed by atoms with E-state index in [-0.39, 0.29) is 17.9 Å². The fourth-order valence-electron chi connectivity index (χ4n) is 3.89. The van der Waals surface area contributed by atoms with Crippen LogP contribution in [0.3, 0.4) is 0 Å². The van der Waals surface area contributed by atoms with E-state index < -0.39 is 6.10 Å². The van der Waals surface area contributed by atoms with Crippen molar-refractivity contribution in [1.82, 2.24) is 24.9 Å². The van der Waals surface area contributed by atoms with E-state index in [4.69, 9.17) is 0 Å². The molecule has 2 aliphatic heterocycles. The molecule has 2 saturated heterocycles. The van der Waals surface area contributed by atoms with E-state index in [0.717, 1.165) is 24.4 Å². The maximum atomic E-state index is 12.5. The van der Waals surface area contributed by atoms with Crippen LogP contribution in [0.4, 0.5) is 0 Å². The largest absolute Gasteiger partial charge is 0.390 e. The number of hydrogen-bond donors (Lipinski definition) is 2. The van der Waals surface area contributed by atoms with Gasteiger partial charge in [0.25, 0.3) is 0 Å². The number of aryl methyl sites for hydroxylation is 3. The molecule has 1 aromatic rings. The lowest BCUT2D eigenvalue weighted by atomic mass is 10.1.